The van der Waals surface area contributed by atoms with Crippen LogP contribution in [0.15, 0.2) is 54.7 Å². The molecule has 5 rings (SSSR count). The Hall–Kier alpha value is -3.25. The van der Waals surface area contributed by atoms with E-state index in [9.17, 15) is 8.78 Å². The second kappa shape index (κ2) is 8.36. The van der Waals surface area contributed by atoms with Crippen LogP contribution in [0.2, 0.25) is 0 Å². The van der Waals surface area contributed by atoms with Crippen molar-refractivity contribution in [2.75, 3.05) is 6.61 Å². The monoisotopic (exact) mass is 431 g/mol. The van der Waals surface area contributed by atoms with Crippen molar-refractivity contribution >= 4 is 10.9 Å². The zero-order valence-electron chi connectivity index (χ0n) is 18.0. The summed E-state index contributed by atoms with van der Waals surface area (Å²) >= 11 is 0. The van der Waals surface area contributed by atoms with Gasteiger partial charge in [-0.25, -0.2) is 8.78 Å². The zero-order chi connectivity index (χ0) is 22.2. The molecule has 2 atom stereocenters. The molecule has 3 aromatic heterocycles. The lowest BCUT2D eigenvalue weighted by Gasteiger charge is -2.30. The highest BCUT2D eigenvalue weighted by molar-refractivity contribution is 5.93. The molecule has 0 aliphatic carbocycles. The number of hydrogen-bond donors (Lipinski definition) is 0. The van der Waals surface area contributed by atoms with E-state index in [1.807, 2.05) is 44.2 Å². The Labute approximate surface area is 185 Å². The lowest BCUT2D eigenvalue weighted by molar-refractivity contribution is 0.00460. The van der Waals surface area contributed by atoms with Crippen LogP contribution in [0.3, 0.4) is 0 Å². The molecule has 0 amide bonds. The molecule has 32 heavy (non-hydrogen) atoms. The van der Waals surface area contributed by atoms with Crippen molar-refractivity contribution < 1.29 is 13.5 Å². The molecule has 0 unspecified atom stereocenters. The predicted molar refractivity (Wildman–Crippen MR) is 119 cm³/mol. The fourth-order valence-corrected chi connectivity index (χ4v) is 4.41. The quantitative estimate of drug-likeness (QED) is 0.386. The van der Waals surface area contributed by atoms with Gasteiger partial charge in [-0.3, -0.25) is 15.0 Å². The van der Waals surface area contributed by atoms with Gasteiger partial charge < -0.3 is 4.74 Å². The number of hydrogen-bond acceptors (Lipinski definition) is 4. The fourth-order valence-electron chi connectivity index (χ4n) is 4.41. The maximum atomic E-state index is 14.7. The summed E-state index contributed by atoms with van der Waals surface area (Å²) in [6.07, 6.45) is 3.33. The SMILES string of the molecule is Cc1cc([C@H]2C[C@H](c3cc4nc(C)ccc4c(-c4ccc(F)cc4F)n3)CCO2)ccn1. The standard InChI is InChI=1S/C26H23F2N3O/c1-15-3-5-21-24(30-15)14-23(31-26(21)20-6-4-19(27)13-22(20)28)17-8-10-32-25(12-17)18-7-9-29-16(2)11-18/h3-7,9,11,13-14,17,25H,8,10,12H2,1-2H3/t17-,25-/m1/s1. The van der Waals surface area contributed by atoms with Gasteiger partial charge in [0.1, 0.15) is 11.6 Å². The summed E-state index contributed by atoms with van der Waals surface area (Å²) in [7, 11) is 0. The minimum Gasteiger partial charge on any atom is -0.373 e. The highest BCUT2D eigenvalue weighted by Gasteiger charge is 2.27. The van der Waals surface area contributed by atoms with E-state index in [1.165, 1.54) is 12.1 Å². The highest BCUT2D eigenvalue weighted by atomic mass is 19.1. The average molecular weight is 431 g/mol. The molecule has 4 aromatic rings. The van der Waals surface area contributed by atoms with Crippen LogP contribution in [0.4, 0.5) is 8.78 Å². The number of ether oxygens (including phenoxy) is 1. The average Bonchev–Trinajstić information content (AvgIpc) is 2.78. The summed E-state index contributed by atoms with van der Waals surface area (Å²) < 4.78 is 34.3. The second-order valence-corrected chi connectivity index (χ2v) is 8.35. The predicted octanol–water partition coefficient (Wildman–Crippen LogP) is 6.22. The Kier molecular flexibility index (Phi) is 5.39. The van der Waals surface area contributed by atoms with Crippen LogP contribution in [-0.4, -0.2) is 21.6 Å². The van der Waals surface area contributed by atoms with Crippen molar-refractivity contribution in [1.82, 2.24) is 15.0 Å². The first kappa shape index (κ1) is 20.6. The number of aromatic nitrogens is 3. The third-order valence-electron chi connectivity index (χ3n) is 6.03. The third-order valence-corrected chi connectivity index (χ3v) is 6.03. The van der Waals surface area contributed by atoms with Crippen LogP contribution >= 0.6 is 0 Å². The fraction of sp³-hybridized carbons (Fsp3) is 0.269. The van der Waals surface area contributed by atoms with E-state index in [2.05, 4.69) is 9.97 Å². The Bertz CT molecular complexity index is 1310. The summed E-state index contributed by atoms with van der Waals surface area (Å²) in [5.41, 5.74) is 5.30. The number of aryl methyl sites for hydroxylation is 2. The van der Waals surface area contributed by atoms with Gasteiger partial charge in [-0.05, 0) is 74.7 Å². The number of benzene rings is 1. The number of pyridine rings is 3. The van der Waals surface area contributed by atoms with Crippen molar-refractivity contribution in [2.45, 2.75) is 38.7 Å². The zero-order valence-corrected chi connectivity index (χ0v) is 18.0. The molecular formula is C26H23F2N3O. The third kappa shape index (κ3) is 3.98. The van der Waals surface area contributed by atoms with Crippen LogP contribution in [0.5, 0.6) is 0 Å². The summed E-state index contributed by atoms with van der Waals surface area (Å²) in [5, 5.41) is 0.748. The van der Waals surface area contributed by atoms with Gasteiger partial charge in [-0.1, -0.05) is 0 Å². The van der Waals surface area contributed by atoms with Crippen LogP contribution in [0, 0.1) is 25.5 Å². The minimum absolute atomic E-state index is 0.0515. The lowest BCUT2D eigenvalue weighted by atomic mass is 9.88. The Morgan fingerprint density at radius 1 is 0.938 bits per heavy atom. The van der Waals surface area contributed by atoms with E-state index in [1.54, 1.807) is 6.20 Å². The van der Waals surface area contributed by atoms with Gasteiger partial charge in [0.2, 0.25) is 0 Å². The van der Waals surface area contributed by atoms with E-state index in [4.69, 9.17) is 9.72 Å². The number of rotatable bonds is 3. The molecule has 1 aliphatic heterocycles. The maximum absolute atomic E-state index is 14.7. The normalized spacial score (nSPS) is 18.8. The van der Waals surface area contributed by atoms with Gasteiger partial charge in [0.15, 0.2) is 0 Å². The number of fused-ring (bicyclic) bond motifs is 1. The number of nitrogens with zero attached hydrogens (tertiary/aromatic N) is 3. The van der Waals surface area contributed by atoms with Gasteiger partial charge in [0, 0.05) is 52.8 Å². The molecule has 0 radical (unpaired) electrons. The molecule has 0 spiro atoms. The molecule has 0 saturated carbocycles. The smallest absolute Gasteiger partial charge is 0.135 e. The molecule has 4 nitrogen and oxygen atoms in total. The Morgan fingerprint density at radius 3 is 2.62 bits per heavy atom. The van der Waals surface area contributed by atoms with Crippen molar-refractivity contribution in [3.05, 3.63) is 89.0 Å². The highest BCUT2D eigenvalue weighted by Crippen LogP contribution is 2.39. The number of halogens is 2. The lowest BCUT2D eigenvalue weighted by Crippen LogP contribution is -2.20. The molecule has 0 N–H and O–H groups in total. The van der Waals surface area contributed by atoms with Gasteiger partial charge in [-0.15, -0.1) is 0 Å². The minimum atomic E-state index is -0.631. The van der Waals surface area contributed by atoms with E-state index in [-0.39, 0.29) is 17.6 Å². The van der Waals surface area contributed by atoms with Crippen molar-refractivity contribution in [3.8, 4) is 11.3 Å². The first-order valence-electron chi connectivity index (χ1n) is 10.8. The largest absolute Gasteiger partial charge is 0.373 e. The molecule has 0 bridgehead atoms. The van der Waals surface area contributed by atoms with Crippen LogP contribution in [-0.2, 0) is 4.74 Å². The summed E-state index contributed by atoms with van der Waals surface area (Å²) in [5.74, 6) is -1.11. The van der Waals surface area contributed by atoms with E-state index < -0.39 is 11.6 Å². The Balaban J connectivity index is 1.59. The molecular weight excluding hydrogens is 408 g/mol. The molecule has 1 aromatic carbocycles. The summed E-state index contributed by atoms with van der Waals surface area (Å²) in [6, 6.07) is 13.4. The first-order valence-corrected chi connectivity index (χ1v) is 10.8. The van der Waals surface area contributed by atoms with Crippen molar-refractivity contribution in [2.24, 2.45) is 0 Å². The van der Waals surface area contributed by atoms with E-state index >= 15 is 0 Å². The van der Waals surface area contributed by atoms with Gasteiger partial charge in [-0.2, -0.15) is 0 Å². The molecule has 1 fully saturated rings. The van der Waals surface area contributed by atoms with E-state index in [0.717, 1.165) is 52.5 Å². The first-order chi connectivity index (χ1) is 15.5. The van der Waals surface area contributed by atoms with Crippen LogP contribution < -0.4 is 0 Å². The van der Waals surface area contributed by atoms with Gasteiger partial charge >= 0.3 is 0 Å². The maximum Gasteiger partial charge on any atom is 0.135 e. The molecule has 6 heteroatoms. The summed E-state index contributed by atoms with van der Waals surface area (Å²) in [4.78, 5) is 13.8. The topological polar surface area (TPSA) is 47.9 Å². The van der Waals surface area contributed by atoms with E-state index in [0.29, 0.717) is 12.3 Å². The van der Waals surface area contributed by atoms with Crippen molar-refractivity contribution in [3.63, 3.8) is 0 Å². The van der Waals surface area contributed by atoms with Gasteiger partial charge in [0.05, 0.1) is 17.3 Å². The Morgan fingerprint density at radius 2 is 1.81 bits per heavy atom. The van der Waals surface area contributed by atoms with Crippen LogP contribution in [0.25, 0.3) is 22.2 Å². The molecule has 4 heterocycles. The summed E-state index contributed by atoms with van der Waals surface area (Å²) in [6.45, 7) is 4.50. The van der Waals surface area contributed by atoms with Gasteiger partial charge in [0.25, 0.3) is 0 Å². The molecule has 1 saturated heterocycles. The molecule has 162 valence electrons. The molecule has 1 aliphatic rings. The van der Waals surface area contributed by atoms with Crippen molar-refractivity contribution in [1.29, 1.82) is 0 Å². The van der Waals surface area contributed by atoms with Crippen LogP contribution in [0.1, 0.15) is 47.5 Å². The second-order valence-electron chi connectivity index (χ2n) is 8.35.